The van der Waals surface area contributed by atoms with Crippen LogP contribution in [0.4, 0.5) is 0 Å². The summed E-state index contributed by atoms with van der Waals surface area (Å²) in [4.78, 5) is 19.6. The van der Waals surface area contributed by atoms with Gasteiger partial charge in [0.1, 0.15) is 5.54 Å². The zero-order chi connectivity index (χ0) is 16.7. The Hall–Kier alpha value is -2.20. The van der Waals surface area contributed by atoms with E-state index in [9.17, 15) is 18.3 Å². The SMILES string of the molecule is Cn1cnc(S(=O)(=O)N2CCC(C(=O)O)(n3ccnc3)CC2)c1. The fourth-order valence-corrected chi connectivity index (χ4v) is 4.25. The lowest BCUT2D eigenvalue weighted by molar-refractivity contribution is -0.149. The number of carboxylic acids is 1. The van der Waals surface area contributed by atoms with E-state index in [2.05, 4.69) is 9.97 Å². The fourth-order valence-electron chi connectivity index (χ4n) is 2.85. The molecule has 0 saturated carbocycles. The minimum absolute atomic E-state index is 0.0227. The minimum Gasteiger partial charge on any atom is -0.479 e. The molecule has 0 aromatic carbocycles. The number of rotatable bonds is 4. The number of piperidine rings is 1. The molecule has 0 amide bonds. The maximum absolute atomic E-state index is 12.6. The molecule has 2 aromatic rings. The molecule has 3 rings (SSSR count). The van der Waals surface area contributed by atoms with Crippen molar-refractivity contribution in [3.05, 3.63) is 31.2 Å². The lowest BCUT2D eigenvalue weighted by Gasteiger charge is -2.38. The number of aryl methyl sites for hydroxylation is 1. The number of hydrogen-bond donors (Lipinski definition) is 1. The molecule has 9 nitrogen and oxygen atoms in total. The van der Waals surface area contributed by atoms with Gasteiger partial charge in [-0.3, -0.25) is 0 Å². The highest BCUT2D eigenvalue weighted by atomic mass is 32.2. The van der Waals surface area contributed by atoms with Crippen molar-refractivity contribution in [3.8, 4) is 0 Å². The molecule has 1 aliphatic heterocycles. The Balaban J connectivity index is 1.84. The molecule has 0 atom stereocenters. The van der Waals surface area contributed by atoms with Crippen LogP contribution in [0.2, 0.25) is 0 Å². The van der Waals surface area contributed by atoms with Gasteiger partial charge in [0.15, 0.2) is 5.03 Å². The standard InChI is InChI=1S/C13H17N5O4S/c1-16-8-11(15-10-16)23(21,22)18-5-2-13(3-6-18,12(19)20)17-7-4-14-9-17/h4,7-10H,2-3,5-6H2,1H3,(H,19,20). The number of hydrogen-bond acceptors (Lipinski definition) is 5. The number of aromatic nitrogens is 4. The second kappa shape index (κ2) is 5.46. The Morgan fingerprint density at radius 3 is 2.48 bits per heavy atom. The van der Waals surface area contributed by atoms with Gasteiger partial charge in [-0.15, -0.1) is 0 Å². The van der Waals surface area contributed by atoms with Gasteiger partial charge < -0.3 is 14.2 Å². The normalized spacial score (nSPS) is 18.8. The summed E-state index contributed by atoms with van der Waals surface area (Å²) in [6, 6.07) is 0. The maximum Gasteiger partial charge on any atom is 0.330 e. The van der Waals surface area contributed by atoms with E-state index in [1.165, 1.54) is 29.4 Å². The first-order chi connectivity index (χ1) is 10.9. The molecule has 1 N–H and O–H groups in total. The van der Waals surface area contributed by atoms with Crippen molar-refractivity contribution < 1.29 is 18.3 Å². The van der Waals surface area contributed by atoms with E-state index in [4.69, 9.17) is 0 Å². The summed E-state index contributed by atoms with van der Waals surface area (Å²) in [7, 11) is -2.01. The van der Waals surface area contributed by atoms with Crippen LogP contribution in [-0.2, 0) is 27.4 Å². The average Bonchev–Trinajstić information content (AvgIpc) is 3.18. The molecule has 0 unspecified atom stereocenters. The molecule has 0 bridgehead atoms. The molecule has 10 heteroatoms. The molecule has 0 radical (unpaired) electrons. The van der Waals surface area contributed by atoms with Gasteiger partial charge in [0, 0.05) is 38.7 Å². The predicted molar refractivity (Wildman–Crippen MR) is 79.0 cm³/mol. The smallest absolute Gasteiger partial charge is 0.330 e. The number of carboxylic acid groups (broad SMARTS) is 1. The van der Waals surface area contributed by atoms with Crippen LogP contribution in [0.5, 0.6) is 0 Å². The Labute approximate surface area is 133 Å². The number of imidazole rings is 2. The molecule has 1 aliphatic rings. The van der Waals surface area contributed by atoms with Gasteiger partial charge in [-0.05, 0) is 12.8 Å². The minimum atomic E-state index is -3.70. The zero-order valence-corrected chi connectivity index (χ0v) is 13.3. The first-order valence-corrected chi connectivity index (χ1v) is 8.50. The second-order valence-electron chi connectivity index (χ2n) is 5.59. The maximum atomic E-state index is 12.6. The van der Waals surface area contributed by atoms with Crippen LogP contribution in [0.25, 0.3) is 0 Å². The van der Waals surface area contributed by atoms with E-state index in [0.717, 1.165) is 0 Å². The summed E-state index contributed by atoms with van der Waals surface area (Å²) < 4.78 is 29.5. The van der Waals surface area contributed by atoms with Crippen molar-refractivity contribution in [2.45, 2.75) is 23.4 Å². The molecule has 3 heterocycles. The van der Waals surface area contributed by atoms with E-state index >= 15 is 0 Å². The quantitative estimate of drug-likeness (QED) is 0.831. The summed E-state index contributed by atoms with van der Waals surface area (Å²) >= 11 is 0. The number of nitrogens with zero attached hydrogens (tertiary/aromatic N) is 5. The predicted octanol–water partition coefficient (Wildman–Crippen LogP) is -0.119. The van der Waals surface area contributed by atoms with E-state index in [-0.39, 0.29) is 31.0 Å². The van der Waals surface area contributed by atoms with Crippen LogP contribution in [-0.4, -0.2) is 56.0 Å². The molecule has 2 aromatic heterocycles. The summed E-state index contributed by atoms with van der Waals surface area (Å²) in [5.74, 6) is -0.981. The molecular formula is C13H17N5O4S. The summed E-state index contributed by atoms with van der Waals surface area (Å²) in [5.41, 5.74) is -1.16. The van der Waals surface area contributed by atoms with E-state index < -0.39 is 21.5 Å². The molecule has 0 spiro atoms. The third-order valence-corrected chi connectivity index (χ3v) is 6.02. The third kappa shape index (κ3) is 2.53. The highest BCUT2D eigenvalue weighted by molar-refractivity contribution is 7.89. The largest absolute Gasteiger partial charge is 0.479 e. The highest BCUT2D eigenvalue weighted by Crippen LogP contribution is 2.32. The van der Waals surface area contributed by atoms with Gasteiger partial charge in [-0.1, -0.05) is 0 Å². The first kappa shape index (κ1) is 15.7. The van der Waals surface area contributed by atoms with Gasteiger partial charge in [0.05, 0.1) is 12.7 Å². The van der Waals surface area contributed by atoms with Crippen LogP contribution >= 0.6 is 0 Å². The van der Waals surface area contributed by atoms with Gasteiger partial charge in [-0.2, -0.15) is 4.31 Å². The van der Waals surface area contributed by atoms with Crippen molar-refractivity contribution in [1.82, 2.24) is 23.4 Å². The van der Waals surface area contributed by atoms with Crippen molar-refractivity contribution in [2.75, 3.05) is 13.1 Å². The molecule has 1 saturated heterocycles. The Morgan fingerprint density at radius 2 is 2.00 bits per heavy atom. The van der Waals surface area contributed by atoms with Crippen molar-refractivity contribution in [1.29, 1.82) is 0 Å². The zero-order valence-electron chi connectivity index (χ0n) is 12.5. The second-order valence-corrected chi connectivity index (χ2v) is 7.47. The monoisotopic (exact) mass is 339 g/mol. The van der Waals surface area contributed by atoms with Gasteiger partial charge >= 0.3 is 5.97 Å². The van der Waals surface area contributed by atoms with Crippen molar-refractivity contribution in [2.24, 2.45) is 7.05 Å². The number of aliphatic carboxylic acids is 1. The summed E-state index contributed by atoms with van der Waals surface area (Å²) in [5, 5.41) is 9.62. The topological polar surface area (TPSA) is 110 Å². The van der Waals surface area contributed by atoms with E-state index in [1.807, 2.05) is 0 Å². The Kier molecular flexibility index (Phi) is 3.72. The van der Waals surface area contributed by atoms with E-state index in [0.29, 0.717) is 0 Å². The molecule has 124 valence electrons. The third-order valence-electron chi connectivity index (χ3n) is 4.23. The lowest BCUT2D eigenvalue weighted by Crippen LogP contribution is -2.52. The van der Waals surface area contributed by atoms with Crippen LogP contribution in [0.1, 0.15) is 12.8 Å². The molecular weight excluding hydrogens is 322 g/mol. The van der Waals surface area contributed by atoms with Crippen molar-refractivity contribution in [3.63, 3.8) is 0 Å². The van der Waals surface area contributed by atoms with Gasteiger partial charge in [0.2, 0.25) is 0 Å². The Bertz CT molecular complexity index is 803. The average molecular weight is 339 g/mol. The molecule has 1 fully saturated rings. The van der Waals surface area contributed by atoms with Crippen LogP contribution < -0.4 is 0 Å². The van der Waals surface area contributed by atoms with Crippen LogP contribution in [0.15, 0.2) is 36.3 Å². The lowest BCUT2D eigenvalue weighted by atomic mass is 9.88. The molecule has 23 heavy (non-hydrogen) atoms. The summed E-state index contributed by atoms with van der Waals surface area (Å²) in [6.07, 6.45) is 7.76. The van der Waals surface area contributed by atoms with E-state index in [1.54, 1.807) is 22.4 Å². The number of sulfonamides is 1. The van der Waals surface area contributed by atoms with Crippen molar-refractivity contribution >= 4 is 16.0 Å². The number of carbonyl (C=O) groups is 1. The van der Waals surface area contributed by atoms with Gasteiger partial charge in [0.25, 0.3) is 10.0 Å². The fraction of sp³-hybridized carbons (Fsp3) is 0.462. The van der Waals surface area contributed by atoms with Crippen LogP contribution in [0, 0.1) is 0 Å². The summed E-state index contributed by atoms with van der Waals surface area (Å²) in [6.45, 7) is 0.229. The first-order valence-electron chi connectivity index (χ1n) is 7.06. The highest BCUT2D eigenvalue weighted by Gasteiger charge is 2.45. The van der Waals surface area contributed by atoms with Crippen LogP contribution in [0.3, 0.4) is 0 Å². The molecule has 0 aliphatic carbocycles. The Morgan fingerprint density at radius 1 is 1.30 bits per heavy atom. The van der Waals surface area contributed by atoms with Gasteiger partial charge in [-0.25, -0.2) is 23.2 Å².